The van der Waals surface area contributed by atoms with Crippen LogP contribution in [0.4, 0.5) is 10.1 Å². The van der Waals surface area contributed by atoms with Crippen LogP contribution in [0.1, 0.15) is 0 Å². The molecule has 1 saturated heterocycles. The lowest BCUT2D eigenvalue weighted by Gasteiger charge is -2.35. The predicted octanol–water partition coefficient (Wildman–Crippen LogP) is 2.45. The van der Waals surface area contributed by atoms with Crippen molar-refractivity contribution in [3.8, 4) is 5.75 Å². The number of hydrogen-bond donors (Lipinski definition) is 1. The molecule has 3 rings (SSSR count). The lowest BCUT2D eigenvalue weighted by atomic mass is 10.2. The monoisotopic (exact) mass is 428 g/mol. The van der Waals surface area contributed by atoms with Gasteiger partial charge in [0.2, 0.25) is 10.0 Å². The van der Waals surface area contributed by atoms with Crippen molar-refractivity contribution in [3.05, 3.63) is 53.3 Å². The quantitative estimate of drug-likeness (QED) is 0.760. The summed E-state index contributed by atoms with van der Waals surface area (Å²) in [6.07, 6.45) is 0. The summed E-state index contributed by atoms with van der Waals surface area (Å²) in [5.74, 6) is -1.35. The van der Waals surface area contributed by atoms with Gasteiger partial charge in [-0.05, 0) is 36.4 Å². The number of carbonyl (C=O) groups is 1. The Labute approximate surface area is 166 Å². The van der Waals surface area contributed by atoms with Gasteiger partial charge in [0.1, 0.15) is 11.6 Å². The number of halogens is 2. The lowest BCUT2D eigenvalue weighted by Crippen LogP contribution is -2.48. The molecule has 0 amide bonds. The Morgan fingerprint density at radius 2 is 1.75 bits per heavy atom. The normalized spacial score (nSPS) is 15.4. The fourth-order valence-corrected chi connectivity index (χ4v) is 4.48. The summed E-state index contributed by atoms with van der Waals surface area (Å²) in [6, 6.07) is 9.75. The number of piperazine rings is 1. The van der Waals surface area contributed by atoms with E-state index >= 15 is 0 Å². The number of carboxylic acids is 1. The van der Waals surface area contributed by atoms with E-state index in [0.717, 1.165) is 17.8 Å². The number of carboxylic acid groups (broad SMARTS) is 1. The maximum atomic E-state index is 13.0. The summed E-state index contributed by atoms with van der Waals surface area (Å²) >= 11 is 6.03. The fourth-order valence-electron chi connectivity index (χ4n) is 2.88. The second-order valence-electron chi connectivity index (χ2n) is 6.14. The fraction of sp³-hybridized carbons (Fsp3) is 0.278. The molecule has 1 fully saturated rings. The number of anilines is 1. The summed E-state index contributed by atoms with van der Waals surface area (Å²) in [7, 11) is -3.69. The molecule has 0 bridgehead atoms. The van der Waals surface area contributed by atoms with Crippen LogP contribution in [0.15, 0.2) is 47.4 Å². The van der Waals surface area contributed by atoms with Crippen LogP contribution in [0.3, 0.4) is 0 Å². The lowest BCUT2D eigenvalue weighted by molar-refractivity contribution is -0.139. The van der Waals surface area contributed by atoms with Gasteiger partial charge < -0.3 is 14.7 Å². The smallest absolute Gasteiger partial charge is 0.341 e. The minimum Gasteiger partial charge on any atom is -0.480 e. The third-order valence-corrected chi connectivity index (χ3v) is 6.55. The Kier molecular flexibility index (Phi) is 6.07. The highest BCUT2D eigenvalue weighted by molar-refractivity contribution is 7.89. The van der Waals surface area contributed by atoms with Gasteiger partial charge in [0.05, 0.1) is 9.92 Å². The minimum absolute atomic E-state index is 0.0539. The highest BCUT2D eigenvalue weighted by atomic mass is 35.5. The molecule has 1 aliphatic heterocycles. The maximum Gasteiger partial charge on any atom is 0.341 e. The molecule has 0 spiro atoms. The molecule has 0 radical (unpaired) electrons. The highest BCUT2D eigenvalue weighted by Crippen LogP contribution is 2.30. The molecular formula is C18H18ClFN2O5S. The largest absolute Gasteiger partial charge is 0.480 e. The van der Waals surface area contributed by atoms with Crippen LogP contribution in [0.5, 0.6) is 5.75 Å². The van der Waals surface area contributed by atoms with Gasteiger partial charge in [-0.1, -0.05) is 11.6 Å². The zero-order chi connectivity index (χ0) is 20.3. The van der Waals surface area contributed by atoms with Crippen molar-refractivity contribution in [1.29, 1.82) is 0 Å². The standard InChI is InChI=1S/C18H18ClFN2O5S/c19-16-6-3-14(11-17(16)27-12-18(23)24)21-7-9-22(10-8-21)28(25,26)15-4-1-13(20)2-5-15/h1-6,11H,7-10,12H2,(H,23,24). The van der Waals surface area contributed by atoms with E-state index in [4.69, 9.17) is 21.4 Å². The number of aliphatic carboxylic acids is 1. The molecule has 150 valence electrons. The first-order chi connectivity index (χ1) is 13.3. The van der Waals surface area contributed by atoms with E-state index in [2.05, 4.69) is 0 Å². The Morgan fingerprint density at radius 3 is 2.36 bits per heavy atom. The Balaban J connectivity index is 1.69. The molecule has 10 heteroatoms. The zero-order valence-corrected chi connectivity index (χ0v) is 16.3. The van der Waals surface area contributed by atoms with Crippen molar-refractivity contribution in [2.24, 2.45) is 0 Å². The average molecular weight is 429 g/mol. The molecule has 0 atom stereocenters. The number of sulfonamides is 1. The Hall–Kier alpha value is -2.36. The van der Waals surface area contributed by atoms with Crippen LogP contribution < -0.4 is 9.64 Å². The molecule has 28 heavy (non-hydrogen) atoms. The van der Waals surface area contributed by atoms with Crippen LogP contribution in [-0.2, 0) is 14.8 Å². The molecule has 0 saturated carbocycles. The van der Waals surface area contributed by atoms with Crippen molar-refractivity contribution >= 4 is 33.3 Å². The molecule has 2 aromatic rings. The van der Waals surface area contributed by atoms with Crippen molar-refractivity contribution in [3.63, 3.8) is 0 Å². The van der Waals surface area contributed by atoms with E-state index < -0.39 is 28.4 Å². The number of rotatable bonds is 6. The molecular weight excluding hydrogens is 411 g/mol. The number of benzene rings is 2. The first kappa shape index (κ1) is 20.4. The highest BCUT2D eigenvalue weighted by Gasteiger charge is 2.28. The van der Waals surface area contributed by atoms with Gasteiger partial charge >= 0.3 is 5.97 Å². The predicted molar refractivity (Wildman–Crippen MR) is 102 cm³/mol. The minimum atomic E-state index is -3.69. The second kappa shape index (κ2) is 8.34. The van der Waals surface area contributed by atoms with Gasteiger partial charge in [0, 0.05) is 37.9 Å². The van der Waals surface area contributed by atoms with Crippen LogP contribution in [0.25, 0.3) is 0 Å². The van der Waals surface area contributed by atoms with Gasteiger partial charge in [-0.2, -0.15) is 4.31 Å². The first-order valence-electron chi connectivity index (χ1n) is 8.42. The third-order valence-electron chi connectivity index (χ3n) is 4.32. The molecule has 2 aromatic carbocycles. The van der Waals surface area contributed by atoms with Crippen LogP contribution in [0, 0.1) is 5.82 Å². The van der Waals surface area contributed by atoms with Crippen molar-refractivity contribution in [2.75, 3.05) is 37.7 Å². The third kappa shape index (κ3) is 4.54. The van der Waals surface area contributed by atoms with Gasteiger partial charge in [-0.25, -0.2) is 17.6 Å². The Morgan fingerprint density at radius 1 is 1.11 bits per heavy atom. The molecule has 1 aliphatic rings. The van der Waals surface area contributed by atoms with Crippen LogP contribution in [0.2, 0.25) is 5.02 Å². The van der Waals surface area contributed by atoms with E-state index in [-0.39, 0.29) is 23.7 Å². The Bertz CT molecular complexity index is 960. The van der Waals surface area contributed by atoms with Gasteiger partial charge in [0.15, 0.2) is 6.61 Å². The van der Waals surface area contributed by atoms with E-state index in [9.17, 15) is 17.6 Å². The maximum absolute atomic E-state index is 13.0. The number of nitrogens with zero attached hydrogens (tertiary/aromatic N) is 2. The van der Waals surface area contributed by atoms with Crippen molar-refractivity contribution in [2.45, 2.75) is 4.90 Å². The SMILES string of the molecule is O=C(O)COc1cc(N2CCN(S(=O)(=O)c3ccc(F)cc3)CC2)ccc1Cl. The topological polar surface area (TPSA) is 87.2 Å². The average Bonchev–Trinajstić information content (AvgIpc) is 2.68. The second-order valence-corrected chi connectivity index (χ2v) is 8.49. The van der Waals surface area contributed by atoms with Crippen molar-refractivity contribution in [1.82, 2.24) is 4.31 Å². The van der Waals surface area contributed by atoms with E-state index in [1.165, 1.54) is 16.4 Å². The molecule has 1 N–H and O–H groups in total. The summed E-state index contributed by atoms with van der Waals surface area (Å²) < 4.78 is 44.9. The van der Waals surface area contributed by atoms with Gasteiger partial charge in [0.25, 0.3) is 0 Å². The molecule has 1 heterocycles. The van der Waals surface area contributed by atoms with Gasteiger partial charge in [-0.15, -0.1) is 0 Å². The summed E-state index contributed by atoms with van der Waals surface area (Å²) in [4.78, 5) is 12.7. The van der Waals surface area contributed by atoms with E-state index in [1.54, 1.807) is 18.2 Å². The van der Waals surface area contributed by atoms with E-state index in [1.807, 2.05) is 4.90 Å². The number of ether oxygens (including phenoxy) is 1. The zero-order valence-electron chi connectivity index (χ0n) is 14.7. The summed E-state index contributed by atoms with van der Waals surface area (Å²) in [5, 5.41) is 9.03. The molecule has 0 unspecified atom stereocenters. The first-order valence-corrected chi connectivity index (χ1v) is 10.2. The van der Waals surface area contributed by atoms with Crippen molar-refractivity contribution < 1.29 is 27.4 Å². The number of hydrogen-bond acceptors (Lipinski definition) is 5. The molecule has 7 nitrogen and oxygen atoms in total. The van der Waals surface area contributed by atoms with Crippen LogP contribution >= 0.6 is 11.6 Å². The summed E-state index contributed by atoms with van der Waals surface area (Å²) in [6.45, 7) is 0.870. The van der Waals surface area contributed by atoms with Gasteiger partial charge in [-0.3, -0.25) is 0 Å². The van der Waals surface area contributed by atoms with Crippen LogP contribution in [-0.4, -0.2) is 56.6 Å². The molecule has 0 aliphatic carbocycles. The van der Waals surface area contributed by atoms with E-state index in [0.29, 0.717) is 18.1 Å². The molecule has 0 aromatic heterocycles. The summed E-state index contributed by atoms with van der Waals surface area (Å²) in [5.41, 5.74) is 0.753.